The van der Waals surface area contributed by atoms with E-state index in [1.807, 2.05) is 57.2 Å². The summed E-state index contributed by atoms with van der Waals surface area (Å²) in [5, 5.41) is 1.05. The lowest BCUT2D eigenvalue weighted by molar-refractivity contribution is -0.117. The summed E-state index contributed by atoms with van der Waals surface area (Å²) in [6.45, 7) is 6.42. The lowest BCUT2D eigenvalue weighted by atomic mass is 10.0. The number of anilines is 1. The molecule has 5 nitrogen and oxygen atoms in total. The number of carbonyl (C=O) groups excluding carboxylic acids is 1. The van der Waals surface area contributed by atoms with Gasteiger partial charge in [-0.3, -0.25) is 4.79 Å². The molecule has 0 bridgehead atoms. The number of likely N-dealkylation sites (N-methyl/N-ethyl adjacent to an activating group) is 1. The second kappa shape index (κ2) is 7.76. The Kier molecular flexibility index (Phi) is 5.42. The van der Waals surface area contributed by atoms with Gasteiger partial charge in [0.1, 0.15) is 17.9 Å². The SMILES string of the molecule is Cc1ccc2cccc(OCc3c(C)ccc(N(C)C(=O)CN)c3C)c2n1. The number of aromatic nitrogens is 1. The Balaban J connectivity index is 1.93. The molecule has 0 fully saturated rings. The van der Waals surface area contributed by atoms with Gasteiger partial charge in [0.2, 0.25) is 5.91 Å². The Labute approximate surface area is 159 Å². The van der Waals surface area contributed by atoms with Crippen LogP contribution >= 0.6 is 0 Å². The molecule has 2 aromatic carbocycles. The van der Waals surface area contributed by atoms with Crippen LogP contribution in [0.5, 0.6) is 5.75 Å². The largest absolute Gasteiger partial charge is 0.487 e. The molecule has 0 aliphatic carbocycles. The van der Waals surface area contributed by atoms with Gasteiger partial charge in [-0.15, -0.1) is 0 Å². The number of hydrogen-bond acceptors (Lipinski definition) is 4. The summed E-state index contributed by atoms with van der Waals surface area (Å²) in [6.07, 6.45) is 0. The number of benzene rings is 2. The van der Waals surface area contributed by atoms with Crippen molar-refractivity contribution in [1.82, 2.24) is 4.98 Å². The number of nitrogens with zero attached hydrogens (tertiary/aromatic N) is 2. The van der Waals surface area contributed by atoms with E-state index in [1.54, 1.807) is 11.9 Å². The topological polar surface area (TPSA) is 68.5 Å². The Hall–Kier alpha value is -2.92. The van der Waals surface area contributed by atoms with Gasteiger partial charge in [0, 0.05) is 23.8 Å². The third-order valence-corrected chi connectivity index (χ3v) is 4.91. The fourth-order valence-corrected chi connectivity index (χ4v) is 3.22. The second-order valence-electron chi connectivity index (χ2n) is 6.73. The molecular weight excluding hydrogens is 338 g/mol. The van der Waals surface area contributed by atoms with Crippen molar-refractivity contribution in [3.63, 3.8) is 0 Å². The van der Waals surface area contributed by atoms with Gasteiger partial charge in [-0.1, -0.05) is 24.3 Å². The lowest BCUT2D eigenvalue weighted by Gasteiger charge is -2.22. The van der Waals surface area contributed by atoms with Crippen molar-refractivity contribution >= 4 is 22.5 Å². The minimum atomic E-state index is -0.123. The molecule has 0 aliphatic rings. The molecule has 5 heteroatoms. The number of para-hydroxylation sites is 1. The van der Waals surface area contributed by atoms with Gasteiger partial charge in [0.05, 0.1) is 6.54 Å². The number of amides is 1. The van der Waals surface area contributed by atoms with E-state index in [9.17, 15) is 4.79 Å². The predicted molar refractivity (Wildman–Crippen MR) is 109 cm³/mol. The summed E-state index contributed by atoms with van der Waals surface area (Å²) in [5.74, 6) is 0.634. The average Bonchev–Trinajstić information content (AvgIpc) is 2.67. The first-order chi connectivity index (χ1) is 12.9. The molecule has 1 aromatic heterocycles. The van der Waals surface area contributed by atoms with Gasteiger partial charge in [0.25, 0.3) is 0 Å². The van der Waals surface area contributed by atoms with Gasteiger partial charge in [0.15, 0.2) is 0 Å². The maximum atomic E-state index is 12.0. The van der Waals surface area contributed by atoms with E-state index in [-0.39, 0.29) is 12.5 Å². The molecule has 27 heavy (non-hydrogen) atoms. The van der Waals surface area contributed by atoms with Crippen molar-refractivity contribution < 1.29 is 9.53 Å². The highest BCUT2D eigenvalue weighted by Crippen LogP contribution is 2.29. The summed E-state index contributed by atoms with van der Waals surface area (Å²) in [5.41, 5.74) is 11.4. The quantitative estimate of drug-likeness (QED) is 0.751. The molecule has 0 unspecified atom stereocenters. The molecular formula is C22H25N3O2. The van der Waals surface area contributed by atoms with E-state index in [4.69, 9.17) is 10.5 Å². The van der Waals surface area contributed by atoms with Crippen molar-refractivity contribution in [2.75, 3.05) is 18.5 Å². The highest BCUT2D eigenvalue weighted by atomic mass is 16.5. The first-order valence-corrected chi connectivity index (χ1v) is 8.97. The summed E-state index contributed by atoms with van der Waals surface area (Å²) in [4.78, 5) is 18.2. The van der Waals surface area contributed by atoms with Crippen LogP contribution in [0.1, 0.15) is 22.4 Å². The maximum Gasteiger partial charge on any atom is 0.240 e. The van der Waals surface area contributed by atoms with Gasteiger partial charge >= 0.3 is 0 Å². The zero-order chi connectivity index (χ0) is 19.6. The Bertz CT molecular complexity index is 998. The fourth-order valence-electron chi connectivity index (χ4n) is 3.22. The number of nitrogens with two attached hydrogens (primary N) is 1. The number of pyridine rings is 1. The third-order valence-electron chi connectivity index (χ3n) is 4.91. The molecule has 1 amide bonds. The minimum Gasteiger partial charge on any atom is -0.487 e. The smallest absolute Gasteiger partial charge is 0.240 e. The molecule has 0 spiro atoms. The van der Waals surface area contributed by atoms with Crippen LogP contribution in [0, 0.1) is 20.8 Å². The van der Waals surface area contributed by atoms with Crippen molar-refractivity contribution in [3.8, 4) is 5.75 Å². The summed E-state index contributed by atoms with van der Waals surface area (Å²) in [7, 11) is 1.74. The molecule has 140 valence electrons. The van der Waals surface area contributed by atoms with Crippen LogP contribution in [0.3, 0.4) is 0 Å². The van der Waals surface area contributed by atoms with Crippen molar-refractivity contribution in [3.05, 3.63) is 64.8 Å². The average molecular weight is 363 g/mol. The zero-order valence-electron chi connectivity index (χ0n) is 16.2. The molecule has 0 aliphatic heterocycles. The van der Waals surface area contributed by atoms with Crippen LogP contribution in [-0.4, -0.2) is 24.5 Å². The molecule has 0 radical (unpaired) electrons. The molecule has 1 heterocycles. The van der Waals surface area contributed by atoms with E-state index in [2.05, 4.69) is 11.1 Å². The molecule has 3 rings (SSSR count). The highest BCUT2D eigenvalue weighted by molar-refractivity contribution is 5.95. The number of fused-ring (bicyclic) bond motifs is 1. The van der Waals surface area contributed by atoms with Gasteiger partial charge < -0.3 is 15.4 Å². The fraction of sp³-hybridized carbons (Fsp3) is 0.273. The second-order valence-corrected chi connectivity index (χ2v) is 6.73. The Morgan fingerprint density at radius 3 is 2.63 bits per heavy atom. The van der Waals surface area contributed by atoms with E-state index >= 15 is 0 Å². The van der Waals surface area contributed by atoms with Crippen LogP contribution in [0.15, 0.2) is 42.5 Å². The molecule has 2 N–H and O–H groups in total. The number of carbonyl (C=O) groups is 1. The summed E-state index contributed by atoms with van der Waals surface area (Å²) < 4.78 is 6.15. The lowest BCUT2D eigenvalue weighted by Crippen LogP contribution is -2.33. The number of hydrogen-bond donors (Lipinski definition) is 1. The maximum absolute atomic E-state index is 12.0. The van der Waals surface area contributed by atoms with Crippen LogP contribution in [0.25, 0.3) is 10.9 Å². The van der Waals surface area contributed by atoms with E-state index in [1.165, 1.54) is 0 Å². The summed E-state index contributed by atoms with van der Waals surface area (Å²) in [6, 6.07) is 13.9. The first kappa shape index (κ1) is 18.9. The van der Waals surface area contributed by atoms with Crippen LogP contribution < -0.4 is 15.4 Å². The monoisotopic (exact) mass is 363 g/mol. The van der Waals surface area contributed by atoms with Crippen LogP contribution in [0.4, 0.5) is 5.69 Å². The number of rotatable bonds is 5. The van der Waals surface area contributed by atoms with E-state index in [0.29, 0.717) is 6.61 Å². The van der Waals surface area contributed by atoms with Crippen LogP contribution in [0.2, 0.25) is 0 Å². The standard InChI is InChI=1S/C22H25N3O2/c1-14-8-11-19(25(4)21(26)12-23)16(3)18(14)13-27-20-7-5-6-17-10-9-15(2)24-22(17)20/h5-11H,12-13,23H2,1-4H3. The predicted octanol–water partition coefficient (Wildman–Crippen LogP) is 3.66. The molecule has 0 saturated carbocycles. The highest BCUT2D eigenvalue weighted by Gasteiger charge is 2.16. The van der Waals surface area contributed by atoms with Gasteiger partial charge in [-0.25, -0.2) is 4.98 Å². The first-order valence-electron chi connectivity index (χ1n) is 8.97. The molecule has 0 atom stereocenters. The normalized spacial score (nSPS) is 10.9. The van der Waals surface area contributed by atoms with Crippen LogP contribution in [-0.2, 0) is 11.4 Å². The van der Waals surface area contributed by atoms with Gasteiger partial charge in [-0.2, -0.15) is 0 Å². The number of aryl methyl sites for hydroxylation is 2. The Morgan fingerprint density at radius 1 is 1.11 bits per heavy atom. The summed E-state index contributed by atoms with van der Waals surface area (Å²) >= 11 is 0. The Morgan fingerprint density at radius 2 is 1.89 bits per heavy atom. The van der Waals surface area contributed by atoms with Gasteiger partial charge in [-0.05, 0) is 55.7 Å². The van der Waals surface area contributed by atoms with Crippen molar-refractivity contribution in [1.29, 1.82) is 0 Å². The van der Waals surface area contributed by atoms with E-state index in [0.717, 1.165) is 44.7 Å². The zero-order valence-corrected chi connectivity index (χ0v) is 16.2. The van der Waals surface area contributed by atoms with Crippen molar-refractivity contribution in [2.45, 2.75) is 27.4 Å². The third kappa shape index (κ3) is 3.78. The molecule has 3 aromatic rings. The minimum absolute atomic E-state index is 0.0172. The van der Waals surface area contributed by atoms with Crippen molar-refractivity contribution in [2.24, 2.45) is 5.73 Å². The number of ether oxygens (including phenoxy) is 1. The molecule has 0 saturated heterocycles. The van der Waals surface area contributed by atoms with E-state index < -0.39 is 0 Å².